The van der Waals surface area contributed by atoms with Gasteiger partial charge in [0.25, 0.3) is 0 Å². The Labute approximate surface area is 173 Å². The fraction of sp³-hybridized carbons (Fsp3) is 0.455. The van der Waals surface area contributed by atoms with Gasteiger partial charge in [-0.15, -0.1) is 0 Å². The summed E-state index contributed by atoms with van der Waals surface area (Å²) in [6.45, 7) is 6.46. The van der Waals surface area contributed by atoms with Crippen molar-refractivity contribution in [3.05, 3.63) is 53.6 Å². The van der Waals surface area contributed by atoms with Crippen LogP contribution in [0, 0.1) is 6.92 Å². The van der Waals surface area contributed by atoms with E-state index < -0.39 is 10.0 Å². The van der Waals surface area contributed by atoms with Crippen LogP contribution < -0.4 is 10.2 Å². The van der Waals surface area contributed by atoms with Gasteiger partial charge in [0, 0.05) is 32.7 Å². The first kappa shape index (κ1) is 20.2. The van der Waals surface area contributed by atoms with Gasteiger partial charge in [0.15, 0.2) is 0 Å². The number of benzene rings is 2. The lowest BCUT2D eigenvalue weighted by Crippen LogP contribution is -2.40. The van der Waals surface area contributed by atoms with Crippen molar-refractivity contribution in [2.75, 3.05) is 49.6 Å². The number of hydrogen-bond acceptors (Lipinski definition) is 5. The van der Waals surface area contributed by atoms with Gasteiger partial charge < -0.3 is 15.0 Å². The fourth-order valence-corrected chi connectivity index (χ4v) is 5.44. The second-order valence-electron chi connectivity index (χ2n) is 7.73. The van der Waals surface area contributed by atoms with Gasteiger partial charge in [-0.1, -0.05) is 29.8 Å². The molecule has 0 atom stereocenters. The highest BCUT2D eigenvalue weighted by Gasteiger charge is 2.27. The molecule has 2 aliphatic heterocycles. The zero-order valence-electron chi connectivity index (χ0n) is 16.9. The largest absolute Gasteiger partial charge is 0.379 e. The Morgan fingerprint density at radius 2 is 1.76 bits per heavy atom. The van der Waals surface area contributed by atoms with Crippen molar-refractivity contribution in [3.63, 3.8) is 0 Å². The van der Waals surface area contributed by atoms with E-state index in [1.165, 1.54) is 28.3 Å². The van der Waals surface area contributed by atoms with Crippen LogP contribution in [-0.4, -0.2) is 52.1 Å². The van der Waals surface area contributed by atoms with Crippen LogP contribution in [0.5, 0.6) is 0 Å². The molecule has 0 aromatic heterocycles. The minimum Gasteiger partial charge on any atom is -0.379 e. The molecule has 1 N–H and O–H groups in total. The highest BCUT2D eigenvalue weighted by atomic mass is 32.2. The standard InChI is InChI=1S/C22H29N3O3S/c1-18-5-4-6-19(15-18)17-23-21-16-20(7-8-22(21)24-9-2-3-10-24)29(26,27)25-11-13-28-14-12-25/h4-8,15-16,23H,2-3,9-14,17H2,1H3. The van der Waals surface area contributed by atoms with Gasteiger partial charge in [-0.25, -0.2) is 8.42 Å². The summed E-state index contributed by atoms with van der Waals surface area (Å²) in [6.07, 6.45) is 2.34. The Balaban J connectivity index is 1.63. The van der Waals surface area contributed by atoms with Crippen molar-refractivity contribution < 1.29 is 13.2 Å². The molecule has 0 radical (unpaired) electrons. The second kappa shape index (κ2) is 8.73. The average molecular weight is 416 g/mol. The number of aryl methyl sites for hydroxylation is 1. The Kier molecular flexibility index (Phi) is 6.08. The summed E-state index contributed by atoms with van der Waals surface area (Å²) in [5, 5.41) is 3.50. The SMILES string of the molecule is Cc1cccc(CNc2cc(S(=O)(=O)N3CCOCC3)ccc2N2CCCC2)c1. The smallest absolute Gasteiger partial charge is 0.243 e. The molecular formula is C22H29N3O3S. The van der Waals surface area contributed by atoms with Crippen LogP contribution in [0.4, 0.5) is 11.4 Å². The molecule has 29 heavy (non-hydrogen) atoms. The molecule has 2 heterocycles. The number of ether oxygens (including phenoxy) is 1. The molecule has 2 aliphatic rings. The lowest BCUT2D eigenvalue weighted by Gasteiger charge is -2.27. The van der Waals surface area contributed by atoms with Crippen molar-refractivity contribution >= 4 is 21.4 Å². The molecule has 0 amide bonds. The van der Waals surface area contributed by atoms with Gasteiger partial charge in [0.05, 0.1) is 29.5 Å². The van der Waals surface area contributed by atoms with E-state index in [9.17, 15) is 8.42 Å². The molecular weight excluding hydrogens is 386 g/mol. The van der Waals surface area contributed by atoms with Gasteiger partial charge in [-0.2, -0.15) is 4.31 Å². The van der Waals surface area contributed by atoms with E-state index in [0.717, 1.165) is 24.5 Å². The van der Waals surface area contributed by atoms with Crippen LogP contribution in [0.1, 0.15) is 24.0 Å². The molecule has 0 unspecified atom stereocenters. The number of nitrogens with one attached hydrogen (secondary N) is 1. The minimum atomic E-state index is -3.52. The van der Waals surface area contributed by atoms with E-state index >= 15 is 0 Å². The summed E-state index contributed by atoms with van der Waals surface area (Å²) < 4.78 is 33.1. The normalized spacial score (nSPS) is 18.2. The highest BCUT2D eigenvalue weighted by molar-refractivity contribution is 7.89. The molecule has 0 bridgehead atoms. The lowest BCUT2D eigenvalue weighted by molar-refractivity contribution is 0.0730. The van der Waals surface area contributed by atoms with E-state index in [2.05, 4.69) is 35.3 Å². The molecule has 6 nitrogen and oxygen atoms in total. The van der Waals surface area contributed by atoms with Gasteiger partial charge >= 0.3 is 0 Å². The number of morpholine rings is 1. The maximum atomic E-state index is 13.1. The Hall–Kier alpha value is -2.09. The summed E-state index contributed by atoms with van der Waals surface area (Å²) in [5.74, 6) is 0. The third kappa shape index (κ3) is 4.57. The summed E-state index contributed by atoms with van der Waals surface area (Å²) >= 11 is 0. The molecule has 7 heteroatoms. The third-order valence-corrected chi connectivity index (χ3v) is 7.48. The monoisotopic (exact) mass is 415 g/mol. The number of sulfonamides is 1. The predicted octanol–water partition coefficient (Wildman–Crippen LogP) is 3.23. The first-order valence-corrected chi connectivity index (χ1v) is 11.7. The van der Waals surface area contributed by atoms with Crippen molar-refractivity contribution in [2.24, 2.45) is 0 Å². The quantitative estimate of drug-likeness (QED) is 0.785. The third-order valence-electron chi connectivity index (χ3n) is 5.59. The van der Waals surface area contributed by atoms with Gasteiger partial charge in [0.1, 0.15) is 0 Å². The molecule has 2 saturated heterocycles. The van der Waals surface area contributed by atoms with Crippen LogP contribution >= 0.6 is 0 Å². The van der Waals surface area contributed by atoms with E-state index in [1.807, 2.05) is 12.1 Å². The first-order chi connectivity index (χ1) is 14.0. The molecule has 0 aliphatic carbocycles. The summed E-state index contributed by atoms with van der Waals surface area (Å²) in [6, 6.07) is 13.9. The zero-order valence-corrected chi connectivity index (χ0v) is 17.7. The van der Waals surface area contributed by atoms with Crippen LogP contribution in [0.2, 0.25) is 0 Å². The van der Waals surface area contributed by atoms with E-state index in [1.54, 1.807) is 12.1 Å². The van der Waals surface area contributed by atoms with Crippen LogP contribution in [0.25, 0.3) is 0 Å². The average Bonchev–Trinajstić information content (AvgIpc) is 3.27. The van der Waals surface area contributed by atoms with Gasteiger partial charge in [-0.05, 0) is 43.5 Å². The number of nitrogens with zero attached hydrogens (tertiary/aromatic N) is 2. The minimum absolute atomic E-state index is 0.342. The van der Waals surface area contributed by atoms with Crippen molar-refractivity contribution in [3.8, 4) is 0 Å². The number of rotatable bonds is 6. The van der Waals surface area contributed by atoms with Crippen molar-refractivity contribution in [1.29, 1.82) is 0 Å². The summed E-state index contributed by atoms with van der Waals surface area (Å²) in [7, 11) is -3.52. The summed E-state index contributed by atoms with van der Waals surface area (Å²) in [5.41, 5.74) is 4.35. The topological polar surface area (TPSA) is 61.9 Å². The van der Waals surface area contributed by atoms with Gasteiger partial charge in [-0.3, -0.25) is 0 Å². The molecule has 0 saturated carbocycles. The summed E-state index contributed by atoms with van der Waals surface area (Å²) in [4.78, 5) is 2.68. The molecule has 0 spiro atoms. The zero-order chi connectivity index (χ0) is 20.3. The predicted molar refractivity (Wildman–Crippen MR) is 116 cm³/mol. The molecule has 4 rings (SSSR count). The number of anilines is 2. The molecule has 2 fully saturated rings. The molecule has 2 aromatic rings. The van der Waals surface area contributed by atoms with Crippen molar-refractivity contribution in [2.45, 2.75) is 31.2 Å². The van der Waals surface area contributed by atoms with E-state index in [-0.39, 0.29) is 0 Å². The maximum Gasteiger partial charge on any atom is 0.243 e. The van der Waals surface area contributed by atoms with Crippen LogP contribution in [0.15, 0.2) is 47.4 Å². The van der Waals surface area contributed by atoms with Gasteiger partial charge in [0.2, 0.25) is 10.0 Å². The van der Waals surface area contributed by atoms with Crippen LogP contribution in [0.3, 0.4) is 0 Å². The lowest BCUT2D eigenvalue weighted by atomic mass is 10.1. The fourth-order valence-electron chi connectivity index (χ4n) is 4.01. The number of hydrogen-bond donors (Lipinski definition) is 1. The molecule has 2 aromatic carbocycles. The second-order valence-corrected chi connectivity index (χ2v) is 9.67. The Morgan fingerprint density at radius 3 is 2.48 bits per heavy atom. The van der Waals surface area contributed by atoms with E-state index in [4.69, 9.17) is 4.74 Å². The van der Waals surface area contributed by atoms with Crippen LogP contribution in [-0.2, 0) is 21.3 Å². The Morgan fingerprint density at radius 1 is 1.00 bits per heavy atom. The first-order valence-electron chi connectivity index (χ1n) is 10.3. The van der Waals surface area contributed by atoms with E-state index in [0.29, 0.717) is 37.7 Å². The maximum absolute atomic E-state index is 13.1. The van der Waals surface area contributed by atoms with Crippen molar-refractivity contribution in [1.82, 2.24) is 4.31 Å². The molecule has 156 valence electrons. The Bertz CT molecular complexity index is 950. The highest BCUT2D eigenvalue weighted by Crippen LogP contribution is 2.33.